The van der Waals surface area contributed by atoms with Crippen molar-refractivity contribution >= 4 is 17.6 Å². The number of carbonyl (C=O) groups excluding carboxylic acids is 1. The normalized spacial score (nSPS) is 14.5. The lowest BCUT2D eigenvalue weighted by atomic mass is 10.1. The van der Waals surface area contributed by atoms with Gasteiger partial charge in [0.25, 0.3) is 0 Å². The third-order valence-corrected chi connectivity index (χ3v) is 2.26. The van der Waals surface area contributed by atoms with Gasteiger partial charge in [0, 0.05) is 0 Å². The average molecular weight is 215 g/mol. The molecule has 1 aromatic rings. The number of benzene rings is 1. The van der Waals surface area contributed by atoms with Crippen molar-refractivity contribution < 1.29 is 14.6 Å². The van der Waals surface area contributed by atoms with Crippen LogP contribution in [0.15, 0.2) is 30.3 Å². The van der Waals surface area contributed by atoms with E-state index in [1.807, 2.05) is 6.07 Å². The lowest BCUT2D eigenvalue weighted by Crippen LogP contribution is -2.23. The SMILES string of the molecule is COC(=O)C(Cl)C(O)c1ccccc1. The van der Waals surface area contributed by atoms with E-state index in [9.17, 15) is 9.90 Å². The molecule has 0 heterocycles. The van der Waals surface area contributed by atoms with Gasteiger partial charge in [-0.3, -0.25) is 4.79 Å². The Kier molecular flexibility index (Phi) is 3.92. The molecule has 0 aliphatic rings. The van der Waals surface area contributed by atoms with E-state index >= 15 is 0 Å². The molecule has 1 N–H and O–H groups in total. The van der Waals surface area contributed by atoms with E-state index in [1.165, 1.54) is 7.11 Å². The highest BCUT2D eigenvalue weighted by molar-refractivity contribution is 6.30. The van der Waals surface area contributed by atoms with Gasteiger partial charge in [-0.05, 0) is 5.56 Å². The Bertz CT molecular complexity index is 299. The molecule has 0 aliphatic heterocycles. The van der Waals surface area contributed by atoms with Gasteiger partial charge in [0.15, 0.2) is 5.38 Å². The molecule has 0 aliphatic carbocycles. The molecule has 0 radical (unpaired) electrons. The minimum atomic E-state index is -1.07. The van der Waals surface area contributed by atoms with Crippen molar-refractivity contribution in [3.05, 3.63) is 35.9 Å². The summed E-state index contributed by atoms with van der Waals surface area (Å²) in [6, 6.07) is 8.74. The smallest absolute Gasteiger partial charge is 0.326 e. The summed E-state index contributed by atoms with van der Waals surface area (Å²) in [5.74, 6) is -0.636. The zero-order chi connectivity index (χ0) is 10.6. The Morgan fingerprint density at radius 1 is 1.43 bits per heavy atom. The Labute approximate surface area is 87.3 Å². The van der Waals surface area contributed by atoms with E-state index in [2.05, 4.69) is 4.74 Å². The van der Waals surface area contributed by atoms with E-state index in [0.717, 1.165) is 0 Å². The molecule has 14 heavy (non-hydrogen) atoms. The average Bonchev–Trinajstić information content (AvgIpc) is 2.27. The van der Waals surface area contributed by atoms with Crippen molar-refractivity contribution in [1.29, 1.82) is 0 Å². The highest BCUT2D eigenvalue weighted by Gasteiger charge is 2.26. The Morgan fingerprint density at radius 3 is 2.50 bits per heavy atom. The molecule has 2 unspecified atom stereocenters. The summed E-state index contributed by atoms with van der Waals surface area (Å²) in [7, 11) is 1.23. The van der Waals surface area contributed by atoms with Crippen LogP contribution in [0, 0.1) is 0 Å². The lowest BCUT2D eigenvalue weighted by Gasteiger charge is -2.14. The third kappa shape index (κ3) is 2.47. The molecule has 0 bridgehead atoms. The summed E-state index contributed by atoms with van der Waals surface area (Å²) >= 11 is 5.69. The number of hydrogen-bond acceptors (Lipinski definition) is 3. The number of alkyl halides is 1. The summed E-state index contributed by atoms with van der Waals surface area (Å²) in [5.41, 5.74) is 0.595. The van der Waals surface area contributed by atoms with Crippen molar-refractivity contribution in [2.45, 2.75) is 11.5 Å². The van der Waals surface area contributed by atoms with Gasteiger partial charge in [-0.2, -0.15) is 0 Å². The van der Waals surface area contributed by atoms with Gasteiger partial charge in [0.05, 0.1) is 7.11 Å². The molecule has 0 aromatic heterocycles. The molecule has 0 saturated heterocycles. The Balaban J connectivity index is 2.75. The van der Waals surface area contributed by atoms with Gasteiger partial charge in [-0.25, -0.2) is 0 Å². The monoisotopic (exact) mass is 214 g/mol. The fraction of sp³-hybridized carbons (Fsp3) is 0.300. The lowest BCUT2D eigenvalue weighted by molar-refractivity contribution is -0.142. The molecule has 76 valence electrons. The van der Waals surface area contributed by atoms with Gasteiger partial charge >= 0.3 is 5.97 Å². The van der Waals surface area contributed by atoms with E-state index in [1.54, 1.807) is 24.3 Å². The van der Waals surface area contributed by atoms with Crippen LogP contribution in [0.2, 0.25) is 0 Å². The van der Waals surface area contributed by atoms with E-state index in [-0.39, 0.29) is 0 Å². The minimum Gasteiger partial charge on any atom is -0.468 e. The highest BCUT2D eigenvalue weighted by atomic mass is 35.5. The zero-order valence-electron chi connectivity index (χ0n) is 7.68. The number of rotatable bonds is 3. The van der Waals surface area contributed by atoms with Crippen molar-refractivity contribution in [2.24, 2.45) is 0 Å². The molecule has 2 atom stereocenters. The highest BCUT2D eigenvalue weighted by Crippen LogP contribution is 2.21. The van der Waals surface area contributed by atoms with Crippen LogP contribution in [0.25, 0.3) is 0 Å². The van der Waals surface area contributed by atoms with Gasteiger partial charge < -0.3 is 9.84 Å². The quantitative estimate of drug-likeness (QED) is 0.613. The first-order valence-corrected chi connectivity index (χ1v) is 4.55. The van der Waals surface area contributed by atoms with Crippen LogP contribution in [0.1, 0.15) is 11.7 Å². The maximum Gasteiger partial charge on any atom is 0.326 e. The van der Waals surface area contributed by atoms with E-state index < -0.39 is 17.5 Å². The van der Waals surface area contributed by atoms with Crippen molar-refractivity contribution in [3.63, 3.8) is 0 Å². The summed E-state index contributed by atoms with van der Waals surface area (Å²) in [5, 5.41) is 8.59. The molecule has 0 fully saturated rings. The maximum atomic E-state index is 11.0. The van der Waals surface area contributed by atoms with Gasteiger partial charge in [-0.15, -0.1) is 11.6 Å². The van der Waals surface area contributed by atoms with Crippen molar-refractivity contribution in [1.82, 2.24) is 0 Å². The van der Waals surface area contributed by atoms with E-state index in [4.69, 9.17) is 11.6 Å². The van der Waals surface area contributed by atoms with E-state index in [0.29, 0.717) is 5.56 Å². The number of carbonyl (C=O) groups is 1. The number of esters is 1. The maximum absolute atomic E-state index is 11.0. The van der Waals surface area contributed by atoms with Crippen LogP contribution >= 0.6 is 11.6 Å². The first-order valence-electron chi connectivity index (χ1n) is 4.11. The number of halogens is 1. The molecule has 0 amide bonds. The second-order valence-electron chi connectivity index (χ2n) is 2.78. The summed E-state index contributed by atoms with van der Waals surface area (Å²) in [4.78, 5) is 11.0. The topological polar surface area (TPSA) is 46.5 Å². The van der Waals surface area contributed by atoms with Crippen LogP contribution in [0.3, 0.4) is 0 Å². The van der Waals surface area contributed by atoms with Crippen LogP contribution in [0.5, 0.6) is 0 Å². The molecule has 1 rings (SSSR count). The number of methoxy groups -OCH3 is 1. The summed E-state index contributed by atoms with van der Waals surface area (Å²) in [6.45, 7) is 0. The largest absolute Gasteiger partial charge is 0.468 e. The van der Waals surface area contributed by atoms with Crippen molar-refractivity contribution in [3.8, 4) is 0 Å². The van der Waals surface area contributed by atoms with Gasteiger partial charge in [-0.1, -0.05) is 30.3 Å². The molecule has 4 heteroatoms. The van der Waals surface area contributed by atoms with Crippen LogP contribution in [-0.4, -0.2) is 23.6 Å². The standard InChI is InChI=1S/C10H11ClO3/c1-14-10(13)8(11)9(12)7-5-3-2-4-6-7/h2-6,8-9,12H,1H3. The first-order chi connectivity index (χ1) is 6.66. The zero-order valence-corrected chi connectivity index (χ0v) is 8.44. The Morgan fingerprint density at radius 2 is 2.00 bits per heavy atom. The summed E-state index contributed by atoms with van der Waals surface area (Å²) < 4.78 is 4.42. The number of ether oxygens (including phenoxy) is 1. The second-order valence-corrected chi connectivity index (χ2v) is 3.25. The number of aliphatic hydroxyl groups is 1. The fourth-order valence-electron chi connectivity index (χ4n) is 1.06. The number of hydrogen-bond donors (Lipinski definition) is 1. The molecule has 3 nitrogen and oxygen atoms in total. The van der Waals surface area contributed by atoms with Crippen molar-refractivity contribution in [2.75, 3.05) is 7.11 Å². The minimum absolute atomic E-state index is 0.595. The van der Waals surface area contributed by atoms with Crippen LogP contribution < -0.4 is 0 Å². The van der Waals surface area contributed by atoms with Gasteiger partial charge in [0.1, 0.15) is 6.10 Å². The number of aliphatic hydroxyl groups excluding tert-OH is 1. The molecule has 0 spiro atoms. The molecular formula is C10H11ClO3. The van der Waals surface area contributed by atoms with Crippen LogP contribution in [0.4, 0.5) is 0 Å². The third-order valence-electron chi connectivity index (χ3n) is 1.84. The summed E-state index contributed by atoms with van der Waals surface area (Å²) in [6.07, 6.45) is -1.04. The predicted octanol–water partition coefficient (Wildman–Crippen LogP) is 1.50. The second kappa shape index (κ2) is 4.98. The predicted molar refractivity (Wildman–Crippen MR) is 53.1 cm³/mol. The molecule has 1 aromatic carbocycles. The molecular weight excluding hydrogens is 204 g/mol. The first kappa shape index (κ1) is 11.0. The molecule has 0 saturated carbocycles. The fourth-order valence-corrected chi connectivity index (χ4v) is 1.30. The van der Waals surface area contributed by atoms with Crippen LogP contribution in [-0.2, 0) is 9.53 Å². The van der Waals surface area contributed by atoms with Gasteiger partial charge in [0.2, 0.25) is 0 Å². The Hall–Kier alpha value is -1.06.